The molecule has 0 fully saturated rings. The summed E-state index contributed by atoms with van der Waals surface area (Å²) in [6.07, 6.45) is -1.71. The summed E-state index contributed by atoms with van der Waals surface area (Å²) in [5.74, 6) is 0.0429. The van der Waals surface area contributed by atoms with Crippen LogP contribution in [0.25, 0.3) is 22.0 Å². The van der Waals surface area contributed by atoms with Crippen LogP contribution in [0.5, 0.6) is 5.75 Å². The molecule has 3 rings (SSSR count). The fourth-order valence-electron chi connectivity index (χ4n) is 2.46. The third-order valence-corrected chi connectivity index (χ3v) is 4.24. The van der Waals surface area contributed by atoms with Crippen molar-refractivity contribution in [3.63, 3.8) is 0 Å². The fourth-order valence-corrected chi connectivity index (χ4v) is 2.83. The number of alkyl halides is 3. The van der Waals surface area contributed by atoms with Gasteiger partial charge in [0.15, 0.2) is 15.7 Å². The summed E-state index contributed by atoms with van der Waals surface area (Å²) in [4.78, 5) is 7.94. The Kier molecular flexibility index (Phi) is 4.34. The second-order valence-electron chi connectivity index (χ2n) is 5.09. The number of benzene rings is 1. The lowest BCUT2D eigenvalue weighted by Gasteiger charge is -2.14. The van der Waals surface area contributed by atoms with Crippen LogP contribution in [0.3, 0.4) is 0 Å². The molecule has 5 nitrogen and oxygen atoms in total. The number of ether oxygens (including phenoxy) is 1. The van der Waals surface area contributed by atoms with E-state index in [1.165, 1.54) is 31.6 Å². The molecule has 0 aliphatic rings. The largest absolute Gasteiger partial charge is 0.496 e. The number of hydrogen-bond donors (Lipinski definition) is 1. The van der Waals surface area contributed by atoms with Crippen LogP contribution < -0.4 is 4.74 Å². The molecule has 0 atom stereocenters. The predicted molar refractivity (Wildman–Crippen MR) is 85.1 cm³/mol. The molecule has 0 saturated heterocycles. The maximum absolute atomic E-state index is 12.9. The van der Waals surface area contributed by atoms with E-state index in [4.69, 9.17) is 4.74 Å². The zero-order valence-corrected chi connectivity index (χ0v) is 13.6. The van der Waals surface area contributed by atoms with Gasteiger partial charge in [-0.15, -0.1) is 0 Å². The molecule has 0 saturated carbocycles. The molecule has 2 heterocycles. The number of fused-ring (bicyclic) bond motifs is 1. The molecule has 0 aliphatic heterocycles. The molecule has 0 radical (unpaired) electrons. The van der Waals surface area contributed by atoms with Crippen molar-refractivity contribution < 1.29 is 26.3 Å². The average Bonchev–Trinajstić information content (AvgIpc) is 2.59. The minimum absolute atomic E-state index is 0.0429. The third kappa shape index (κ3) is 3.27. The Balaban J connectivity index is 2.22. The fraction of sp³-hybridized carbons (Fsp3) is 0.125. The molecular formula is C16H11F3N2O3S. The summed E-state index contributed by atoms with van der Waals surface area (Å²) in [7, 11) is -1.58. The summed E-state index contributed by atoms with van der Waals surface area (Å²) in [5.41, 5.74) is 0.499. The Morgan fingerprint density at radius 1 is 1.04 bits per heavy atom. The first-order valence-electron chi connectivity index (χ1n) is 6.96. The van der Waals surface area contributed by atoms with Crippen molar-refractivity contribution in [2.75, 3.05) is 7.11 Å². The van der Waals surface area contributed by atoms with E-state index in [-0.39, 0.29) is 10.8 Å². The number of thiol groups is 1. The lowest BCUT2D eigenvalue weighted by atomic mass is 10.00. The molecule has 1 aromatic carbocycles. The van der Waals surface area contributed by atoms with Gasteiger partial charge >= 0.3 is 6.18 Å². The molecule has 0 aliphatic carbocycles. The highest BCUT2D eigenvalue weighted by molar-refractivity contribution is 7.72. The van der Waals surface area contributed by atoms with Crippen molar-refractivity contribution in [2.45, 2.75) is 11.2 Å². The van der Waals surface area contributed by atoms with Crippen molar-refractivity contribution in [3.05, 3.63) is 48.3 Å². The maximum Gasteiger partial charge on any atom is 0.416 e. The third-order valence-electron chi connectivity index (χ3n) is 3.62. The quantitative estimate of drug-likeness (QED) is 0.719. The van der Waals surface area contributed by atoms with Crippen LogP contribution in [0.2, 0.25) is 0 Å². The van der Waals surface area contributed by atoms with E-state index in [0.717, 1.165) is 12.1 Å². The standard InChI is InChI=1S/C16H11F3N2O3S/c1-24-14-6-9(16(17,18)19)2-3-11(14)10-4-5-20-13-7-15(25(22)23)21-8-12(10)13/h2-8,25H,1H3. The van der Waals surface area contributed by atoms with E-state index in [2.05, 4.69) is 9.97 Å². The van der Waals surface area contributed by atoms with Crippen molar-refractivity contribution in [1.82, 2.24) is 9.97 Å². The molecule has 25 heavy (non-hydrogen) atoms. The van der Waals surface area contributed by atoms with Gasteiger partial charge in [0, 0.05) is 29.4 Å². The highest BCUT2D eigenvalue weighted by atomic mass is 32.2. The molecule has 0 spiro atoms. The lowest BCUT2D eigenvalue weighted by molar-refractivity contribution is -0.137. The van der Waals surface area contributed by atoms with Gasteiger partial charge in [0.1, 0.15) is 5.75 Å². The number of halogens is 3. The molecule has 0 bridgehead atoms. The normalized spacial score (nSPS) is 11.9. The van der Waals surface area contributed by atoms with Gasteiger partial charge in [-0.3, -0.25) is 4.98 Å². The zero-order valence-electron chi connectivity index (χ0n) is 12.7. The highest BCUT2D eigenvalue weighted by Crippen LogP contribution is 2.38. The smallest absolute Gasteiger partial charge is 0.416 e. The van der Waals surface area contributed by atoms with Crippen LogP contribution in [-0.4, -0.2) is 25.5 Å². The van der Waals surface area contributed by atoms with Crippen LogP contribution in [0.4, 0.5) is 13.2 Å². The van der Waals surface area contributed by atoms with E-state index in [1.54, 1.807) is 6.07 Å². The number of pyridine rings is 2. The second-order valence-corrected chi connectivity index (χ2v) is 6.06. The van der Waals surface area contributed by atoms with Crippen LogP contribution in [0.1, 0.15) is 5.56 Å². The summed E-state index contributed by atoms with van der Waals surface area (Å²) in [5, 5.41) is 0.368. The Morgan fingerprint density at radius 3 is 2.44 bits per heavy atom. The average molecular weight is 368 g/mol. The van der Waals surface area contributed by atoms with Crippen LogP contribution in [0.15, 0.2) is 47.8 Å². The number of aromatic nitrogens is 2. The number of hydrogen-bond acceptors (Lipinski definition) is 5. The SMILES string of the molecule is COc1cc(C(F)(F)F)ccc1-c1ccnc2cc([SH](=O)=O)ncc12. The monoisotopic (exact) mass is 368 g/mol. The van der Waals surface area contributed by atoms with E-state index in [9.17, 15) is 21.6 Å². The first-order valence-corrected chi connectivity index (χ1v) is 8.14. The number of rotatable bonds is 3. The molecule has 2 aromatic heterocycles. The second kappa shape index (κ2) is 6.32. The topological polar surface area (TPSA) is 69.2 Å². The van der Waals surface area contributed by atoms with Crippen molar-refractivity contribution in [3.8, 4) is 16.9 Å². The van der Waals surface area contributed by atoms with Gasteiger partial charge in [-0.25, -0.2) is 13.4 Å². The van der Waals surface area contributed by atoms with Gasteiger partial charge in [0.2, 0.25) is 0 Å². The molecule has 0 unspecified atom stereocenters. The molecular weight excluding hydrogens is 357 g/mol. The Labute approximate surface area is 142 Å². The summed E-state index contributed by atoms with van der Waals surface area (Å²) < 4.78 is 65.8. The predicted octanol–water partition coefficient (Wildman–Crippen LogP) is 3.29. The summed E-state index contributed by atoms with van der Waals surface area (Å²) >= 11 is 0. The Bertz CT molecular complexity index is 1020. The van der Waals surface area contributed by atoms with Crippen LogP contribution >= 0.6 is 0 Å². The molecule has 130 valence electrons. The molecule has 9 heteroatoms. The van der Waals surface area contributed by atoms with Gasteiger partial charge in [0.05, 0.1) is 18.2 Å². The van der Waals surface area contributed by atoms with Crippen LogP contribution in [-0.2, 0) is 16.9 Å². The van der Waals surface area contributed by atoms with E-state index in [1.807, 2.05) is 0 Å². The van der Waals surface area contributed by atoms with Gasteiger partial charge in [0.25, 0.3) is 0 Å². The summed E-state index contributed by atoms with van der Waals surface area (Å²) in [6.45, 7) is 0. The minimum atomic E-state index is -4.48. The van der Waals surface area contributed by atoms with Gasteiger partial charge in [-0.1, -0.05) is 6.07 Å². The first-order chi connectivity index (χ1) is 11.8. The maximum atomic E-state index is 12.9. The van der Waals surface area contributed by atoms with Gasteiger partial charge in [-0.2, -0.15) is 13.2 Å². The minimum Gasteiger partial charge on any atom is -0.496 e. The zero-order chi connectivity index (χ0) is 18.2. The molecule has 3 aromatic rings. The summed E-state index contributed by atoms with van der Waals surface area (Å²) in [6, 6.07) is 6.09. The molecule has 0 N–H and O–H groups in total. The highest BCUT2D eigenvalue weighted by Gasteiger charge is 2.31. The van der Waals surface area contributed by atoms with E-state index < -0.39 is 22.4 Å². The Hall–Kier alpha value is -2.68. The number of nitrogens with zero attached hydrogens (tertiary/aromatic N) is 2. The Morgan fingerprint density at radius 2 is 1.80 bits per heavy atom. The van der Waals surface area contributed by atoms with Gasteiger partial charge < -0.3 is 4.74 Å². The van der Waals surface area contributed by atoms with E-state index >= 15 is 0 Å². The van der Waals surface area contributed by atoms with E-state index in [0.29, 0.717) is 22.0 Å². The first kappa shape index (κ1) is 17.2. The van der Waals surface area contributed by atoms with Crippen molar-refractivity contribution in [1.29, 1.82) is 0 Å². The lowest BCUT2D eigenvalue weighted by Crippen LogP contribution is -2.05. The molecule has 0 amide bonds. The van der Waals surface area contributed by atoms with Crippen molar-refractivity contribution >= 4 is 21.6 Å². The van der Waals surface area contributed by atoms with Crippen molar-refractivity contribution in [2.24, 2.45) is 0 Å². The number of methoxy groups -OCH3 is 1. The van der Waals surface area contributed by atoms with Crippen LogP contribution in [0, 0.1) is 0 Å². The van der Waals surface area contributed by atoms with Gasteiger partial charge in [-0.05, 0) is 23.8 Å².